The first-order valence-electron chi connectivity index (χ1n) is 4.80. The number of halogens is 3. The zero-order valence-corrected chi connectivity index (χ0v) is 9.17. The van der Waals surface area contributed by atoms with E-state index in [1.165, 1.54) is 19.5 Å². The summed E-state index contributed by atoms with van der Waals surface area (Å²) in [6.45, 7) is 1.64. The summed E-state index contributed by atoms with van der Waals surface area (Å²) in [6.07, 6.45) is -3.15. The first kappa shape index (κ1) is 11.6. The number of ether oxygens (including phenoxy) is 1. The predicted molar refractivity (Wildman–Crippen MR) is 55.8 cm³/mol. The summed E-state index contributed by atoms with van der Waals surface area (Å²) in [6, 6.07) is 2.29. The van der Waals surface area contributed by atoms with E-state index in [1.807, 2.05) is 0 Å². The average Bonchev–Trinajstić information content (AvgIpc) is 2.26. The Kier molecular flexibility index (Phi) is 2.65. The molecule has 17 heavy (non-hydrogen) atoms. The van der Waals surface area contributed by atoms with Crippen LogP contribution in [0.5, 0.6) is 5.75 Å². The molecule has 0 bridgehead atoms. The van der Waals surface area contributed by atoms with E-state index in [-0.39, 0.29) is 5.75 Å². The minimum Gasteiger partial charge on any atom is -0.496 e. The van der Waals surface area contributed by atoms with Gasteiger partial charge in [-0.15, -0.1) is 0 Å². The second-order valence-corrected chi connectivity index (χ2v) is 3.53. The number of nitrogens with zero attached hydrogens (tertiary/aromatic N) is 2. The van der Waals surface area contributed by atoms with E-state index in [1.54, 1.807) is 6.92 Å². The lowest BCUT2D eigenvalue weighted by Crippen LogP contribution is -2.08. The fraction of sp³-hybridized carbons (Fsp3) is 0.273. The summed E-state index contributed by atoms with van der Waals surface area (Å²) in [4.78, 5) is 7.78. The highest BCUT2D eigenvalue weighted by Gasteiger charge is 2.34. The summed E-state index contributed by atoms with van der Waals surface area (Å²) in [5, 5.41) is 0.376. The van der Waals surface area contributed by atoms with Crippen LogP contribution in [0.15, 0.2) is 18.5 Å². The highest BCUT2D eigenvalue weighted by molar-refractivity contribution is 5.83. The van der Waals surface area contributed by atoms with Gasteiger partial charge in [-0.3, -0.25) is 0 Å². The maximum absolute atomic E-state index is 12.8. The molecule has 0 saturated heterocycles. The highest BCUT2D eigenvalue weighted by Crippen LogP contribution is 2.38. The van der Waals surface area contributed by atoms with Crippen molar-refractivity contribution < 1.29 is 17.9 Å². The number of alkyl halides is 3. The number of benzene rings is 1. The molecule has 3 nitrogen and oxygen atoms in total. The van der Waals surface area contributed by atoms with Crippen molar-refractivity contribution in [3.05, 3.63) is 29.7 Å². The van der Waals surface area contributed by atoms with Gasteiger partial charge < -0.3 is 4.74 Å². The van der Waals surface area contributed by atoms with Crippen molar-refractivity contribution in [2.45, 2.75) is 13.1 Å². The first-order chi connectivity index (χ1) is 7.93. The minimum absolute atomic E-state index is 0.233. The number of fused-ring (bicyclic) bond motifs is 1. The molecule has 2 rings (SSSR count). The van der Waals surface area contributed by atoms with Crippen LogP contribution in [-0.4, -0.2) is 17.1 Å². The first-order valence-corrected chi connectivity index (χ1v) is 4.80. The van der Waals surface area contributed by atoms with E-state index in [2.05, 4.69) is 9.97 Å². The second-order valence-electron chi connectivity index (χ2n) is 3.53. The molecule has 2 aromatic rings. The number of hydrogen-bond acceptors (Lipinski definition) is 3. The van der Waals surface area contributed by atoms with Gasteiger partial charge in [0.25, 0.3) is 0 Å². The van der Waals surface area contributed by atoms with E-state index >= 15 is 0 Å². The molecule has 0 atom stereocenters. The topological polar surface area (TPSA) is 35.0 Å². The van der Waals surface area contributed by atoms with Crippen molar-refractivity contribution in [3.8, 4) is 5.75 Å². The van der Waals surface area contributed by atoms with E-state index < -0.39 is 11.7 Å². The maximum Gasteiger partial charge on any atom is 0.419 e. The molecule has 0 radical (unpaired) electrons. The van der Waals surface area contributed by atoms with Gasteiger partial charge in [-0.05, 0) is 13.0 Å². The van der Waals surface area contributed by atoms with Crippen molar-refractivity contribution in [3.63, 3.8) is 0 Å². The van der Waals surface area contributed by atoms with Crippen molar-refractivity contribution >= 4 is 10.9 Å². The molecule has 0 spiro atoms. The molecular formula is C11H9F3N2O. The number of aryl methyl sites for hydroxylation is 1. The Labute approximate surface area is 95.3 Å². The van der Waals surface area contributed by atoms with Crippen LogP contribution in [-0.2, 0) is 6.18 Å². The van der Waals surface area contributed by atoms with Gasteiger partial charge in [0.05, 0.1) is 18.2 Å². The van der Waals surface area contributed by atoms with Crippen LogP contribution >= 0.6 is 0 Å². The van der Waals surface area contributed by atoms with Gasteiger partial charge in [0.1, 0.15) is 12.1 Å². The summed E-state index contributed by atoms with van der Waals surface area (Å²) in [7, 11) is 1.20. The molecule has 0 amide bonds. The molecule has 0 N–H and O–H groups in total. The van der Waals surface area contributed by atoms with E-state index in [4.69, 9.17) is 4.74 Å². The molecule has 0 aliphatic heterocycles. The summed E-state index contributed by atoms with van der Waals surface area (Å²) in [5.74, 6) is -0.233. The molecular weight excluding hydrogens is 233 g/mol. The fourth-order valence-electron chi connectivity index (χ4n) is 1.60. The number of aromatic nitrogens is 2. The third-order valence-corrected chi connectivity index (χ3v) is 2.46. The van der Waals surface area contributed by atoms with Crippen LogP contribution in [0, 0.1) is 6.92 Å². The van der Waals surface area contributed by atoms with Crippen LogP contribution in [0.1, 0.15) is 11.3 Å². The average molecular weight is 242 g/mol. The second kappa shape index (κ2) is 3.87. The lowest BCUT2D eigenvalue weighted by molar-refractivity contribution is -0.138. The Morgan fingerprint density at radius 2 is 1.88 bits per heavy atom. The predicted octanol–water partition coefficient (Wildman–Crippen LogP) is 2.97. The molecule has 0 aliphatic carbocycles. The molecule has 90 valence electrons. The van der Waals surface area contributed by atoms with Gasteiger partial charge in [-0.1, -0.05) is 0 Å². The maximum atomic E-state index is 12.8. The van der Waals surface area contributed by atoms with Crippen molar-refractivity contribution in [2.75, 3.05) is 7.11 Å². The fourth-order valence-corrected chi connectivity index (χ4v) is 1.60. The molecule has 1 aromatic heterocycles. The monoisotopic (exact) mass is 242 g/mol. The Hall–Kier alpha value is -1.85. The Bertz CT molecular complexity index is 566. The zero-order chi connectivity index (χ0) is 12.6. The summed E-state index contributed by atoms with van der Waals surface area (Å²) in [5.41, 5.74) is 0.121. The Morgan fingerprint density at radius 1 is 1.18 bits per heavy atom. The van der Waals surface area contributed by atoms with E-state index in [9.17, 15) is 13.2 Å². The number of hydrogen-bond donors (Lipinski definition) is 0. The zero-order valence-electron chi connectivity index (χ0n) is 9.17. The van der Waals surface area contributed by atoms with E-state index in [0.29, 0.717) is 16.6 Å². The number of rotatable bonds is 1. The summed E-state index contributed by atoms with van der Waals surface area (Å²) >= 11 is 0. The van der Waals surface area contributed by atoms with Crippen LogP contribution in [0.2, 0.25) is 0 Å². The van der Waals surface area contributed by atoms with Crippen LogP contribution < -0.4 is 4.74 Å². The standard InChI is InChI=1S/C11H9F3N2O/c1-6-7-3-8(11(12,13)14)10(17-2)4-9(7)16-5-15-6/h3-5H,1-2H3. The molecule has 0 unspecified atom stereocenters. The number of methoxy groups -OCH3 is 1. The third-order valence-electron chi connectivity index (χ3n) is 2.46. The lowest BCUT2D eigenvalue weighted by Gasteiger charge is -2.13. The van der Waals surface area contributed by atoms with Gasteiger partial charge >= 0.3 is 6.18 Å². The van der Waals surface area contributed by atoms with Crippen LogP contribution in [0.25, 0.3) is 10.9 Å². The summed E-state index contributed by atoms with van der Waals surface area (Å²) < 4.78 is 43.1. The van der Waals surface area contributed by atoms with Gasteiger partial charge in [-0.25, -0.2) is 9.97 Å². The molecule has 0 saturated carbocycles. The van der Waals surface area contributed by atoms with Crippen LogP contribution in [0.3, 0.4) is 0 Å². The lowest BCUT2D eigenvalue weighted by atomic mass is 10.1. The smallest absolute Gasteiger partial charge is 0.419 e. The Balaban J connectivity index is 2.79. The highest BCUT2D eigenvalue weighted by atomic mass is 19.4. The van der Waals surface area contributed by atoms with Gasteiger partial charge in [0, 0.05) is 17.1 Å². The largest absolute Gasteiger partial charge is 0.496 e. The molecule has 1 heterocycles. The molecule has 1 aromatic carbocycles. The van der Waals surface area contributed by atoms with Crippen molar-refractivity contribution in [1.29, 1.82) is 0 Å². The van der Waals surface area contributed by atoms with Crippen molar-refractivity contribution in [1.82, 2.24) is 9.97 Å². The SMILES string of the molecule is COc1cc2ncnc(C)c2cc1C(F)(F)F. The quantitative estimate of drug-likeness (QED) is 0.771. The normalized spacial score (nSPS) is 11.8. The van der Waals surface area contributed by atoms with E-state index in [0.717, 1.165) is 6.07 Å². The molecule has 0 aliphatic rings. The van der Waals surface area contributed by atoms with Gasteiger partial charge in [0.15, 0.2) is 0 Å². The third kappa shape index (κ3) is 2.02. The van der Waals surface area contributed by atoms with Gasteiger partial charge in [0.2, 0.25) is 0 Å². The molecule has 0 fully saturated rings. The molecule has 6 heteroatoms. The Morgan fingerprint density at radius 3 is 2.47 bits per heavy atom. The van der Waals surface area contributed by atoms with Crippen LogP contribution in [0.4, 0.5) is 13.2 Å². The van der Waals surface area contributed by atoms with Crippen molar-refractivity contribution in [2.24, 2.45) is 0 Å². The van der Waals surface area contributed by atoms with Gasteiger partial charge in [-0.2, -0.15) is 13.2 Å². The minimum atomic E-state index is -4.46.